The van der Waals surface area contributed by atoms with E-state index in [0.29, 0.717) is 0 Å². The van der Waals surface area contributed by atoms with Crippen molar-refractivity contribution in [1.29, 1.82) is 0 Å². The van der Waals surface area contributed by atoms with E-state index in [0.717, 1.165) is 35.2 Å². The Morgan fingerprint density at radius 1 is 1.18 bits per heavy atom. The number of hydrogen-bond acceptors (Lipinski definition) is 4. The van der Waals surface area contributed by atoms with Gasteiger partial charge in [0.15, 0.2) is 0 Å². The van der Waals surface area contributed by atoms with Crippen molar-refractivity contribution in [2.24, 2.45) is 5.73 Å². The highest BCUT2D eigenvalue weighted by Gasteiger charge is 2.30. The summed E-state index contributed by atoms with van der Waals surface area (Å²) < 4.78 is 54.2. The fourth-order valence-corrected chi connectivity index (χ4v) is 3.74. The first-order valence-corrected chi connectivity index (χ1v) is 9.68. The van der Waals surface area contributed by atoms with Gasteiger partial charge in [-0.15, -0.1) is 0 Å². The van der Waals surface area contributed by atoms with Crippen molar-refractivity contribution in [3.63, 3.8) is 0 Å². The summed E-state index contributed by atoms with van der Waals surface area (Å²) in [5.41, 5.74) is 4.89. The lowest BCUT2D eigenvalue weighted by atomic mass is 10.0. The van der Waals surface area contributed by atoms with Gasteiger partial charge in [-0.1, -0.05) is 19.1 Å². The number of nitrogens with zero attached hydrogens (tertiary/aromatic N) is 1. The van der Waals surface area contributed by atoms with Gasteiger partial charge in [-0.25, -0.2) is 21.9 Å². The zero-order valence-electron chi connectivity index (χ0n) is 15.1. The van der Waals surface area contributed by atoms with E-state index in [-0.39, 0.29) is 17.0 Å². The standard InChI is InChI=1S/C18H19F2N3O4S/c1-3-22-28(26,27)13-7-8-15(20)14(10-13)18(25)23(2)16(17(21)24)11-5-4-6-12(19)9-11/h4-10,16,22H,3H2,1-2H3,(H2,21,24). The molecule has 0 aromatic heterocycles. The number of nitrogens with two attached hydrogens (primary N) is 1. The van der Waals surface area contributed by atoms with Crippen molar-refractivity contribution in [1.82, 2.24) is 9.62 Å². The minimum absolute atomic E-state index is 0.0974. The van der Waals surface area contributed by atoms with Crippen molar-refractivity contribution < 1.29 is 26.8 Å². The van der Waals surface area contributed by atoms with Crippen molar-refractivity contribution >= 4 is 21.8 Å². The van der Waals surface area contributed by atoms with Crippen LogP contribution in [0.4, 0.5) is 8.78 Å². The summed E-state index contributed by atoms with van der Waals surface area (Å²) in [6.45, 7) is 1.67. The van der Waals surface area contributed by atoms with E-state index in [4.69, 9.17) is 5.73 Å². The van der Waals surface area contributed by atoms with E-state index in [1.807, 2.05) is 0 Å². The van der Waals surface area contributed by atoms with E-state index in [2.05, 4.69) is 4.72 Å². The first kappa shape index (κ1) is 21.5. The molecular formula is C18H19F2N3O4S. The van der Waals surface area contributed by atoms with Gasteiger partial charge in [-0.2, -0.15) is 0 Å². The maximum Gasteiger partial charge on any atom is 0.257 e. The number of halogens is 2. The Labute approximate surface area is 161 Å². The third-order valence-corrected chi connectivity index (χ3v) is 5.50. The van der Waals surface area contributed by atoms with E-state index >= 15 is 0 Å². The minimum Gasteiger partial charge on any atom is -0.368 e. The molecule has 0 aliphatic rings. The number of benzene rings is 2. The van der Waals surface area contributed by atoms with E-state index in [9.17, 15) is 26.8 Å². The van der Waals surface area contributed by atoms with Gasteiger partial charge < -0.3 is 10.6 Å². The second kappa shape index (κ2) is 8.44. The normalized spacial score (nSPS) is 12.4. The number of likely N-dealkylation sites (N-methyl/N-ethyl adjacent to an activating group) is 1. The molecule has 2 rings (SSSR count). The molecule has 1 atom stereocenters. The molecule has 0 aliphatic heterocycles. The lowest BCUT2D eigenvalue weighted by Gasteiger charge is -2.26. The van der Waals surface area contributed by atoms with Gasteiger partial charge in [0.1, 0.15) is 17.7 Å². The number of primary amides is 1. The zero-order chi connectivity index (χ0) is 21.1. The van der Waals surface area contributed by atoms with E-state index in [1.165, 1.54) is 19.2 Å². The number of carbonyl (C=O) groups excluding carboxylic acids is 2. The lowest BCUT2D eigenvalue weighted by molar-refractivity contribution is -0.122. The van der Waals surface area contributed by atoms with Gasteiger partial charge in [-0.05, 0) is 35.9 Å². The SMILES string of the molecule is CCNS(=O)(=O)c1ccc(F)c(C(=O)N(C)C(C(N)=O)c2cccc(F)c2)c1. The van der Waals surface area contributed by atoms with Crippen LogP contribution in [-0.2, 0) is 14.8 Å². The van der Waals surface area contributed by atoms with Crippen LogP contribution in [-0.4, -0.2) is 38.7 Å². The van der Waals surface area contributed by atoms with Crippen molar-refractivity contribution in [2.45, 2.75) is 17.9 Å². The fourth-order valence-electron chi connectivity index (χ4n) is 2.67. The van der Waals surface area contributed by atoms with Crippen molar-refractivity contribution in [3.8, 4) is 0 Å². The second-order valence-corrected chi connectivity index (χ2v) is 7.69. The summed E-state index contributed by atoms with van der Waals surface area (Å²) in [6, 6.07) is 6.26. The number of nitrogens with one attached hydrogen (secondary N) is 1. The number of amides is 2. The van der Waals surface area contributed by atoms with Gasteiger partial charge in [0.2, 0.25) is 15.9 Å². The van der Waals surface area contributed by atoms with Crippen molar-refractivity contribution in [3.05, 3.63) is 65.2 Å². The van der Waals surface area contributed by atoms with Gasteiger partial charge in [0, 0.05) is 13.6 Å². The topological polar surface area (TPSA) is 110 Å². The number of hydrogen-bond donors (Lipinski definition) is 2. The summed E-state index contributed by atoms with van der Waals surface area (Å²) in [5.74, 6) is -3.57. The Morgan fingerprint density at radius 3 is 2.43 bits per heavy atom. The van der Waals surface area contributed by atoms with Crippen LogP contribution >= 0.6 is 0 Å². The molecule has 0 spiro atoms. The highest BCUT2D eigenvalue weighted by molar-refractivity contribution is 7.89. The molecule has 150 valence electrons. The quantitative estimate of drug-likeness (QED) is 0.721. The molecule has 10 heteroatoms. The minimum atomic E-state index is -3.93. The smallest absolute Gasteiger partial charge is 0.257 e. The molecule has 0 saturated carbocycles. The van der Waals surface area contributed by atoms with Crippen LogP contribution < -0.4 is 10.5 Å². The highest BCUT2D eigenvalue weighted by atomic mass is 32.2. The summed E-state index contributed by atoms with van der Waals surface area (Å²) in [7, 11) is -2.74. The molecule has 0 saturated heterocycles. The Kier molecular flexibility index (Phi) is 6.47. The fraction of sp³-hybridized carbons (Fsp3) is 0.222. The van der Waals surface area contributed by atoms with Crippen LogP contribution in [0.2, 0.25) is 0 Å². The molecule has 2 aromatic carbocycles. The van der Waals surface area contributed by atoms with Crippen LogP contribution in [0, 0.1) is 11.6 Å². The Morgan fingerprint density at radius 2 is 1.86 bits per heavy atom. The maximum absolute atomic E-state index is 14.2. The molecule has 3 N–H and O–H groups in total. The molecule has 0 aliphatic carbocycles. The molecule has 0 fully saturated rings. The van der Waals surface area contributed by atoms with E-state index in [1.54, 1.807) is 6.92 Å². The molecule has 2 aromatic rings. The first-order chi connectivity index (χ1) is 13.1. The zero-order valence-corrected chi connectivity index (χ0v) is 16.0. The number of sulfonamides is 1. The number of rotatable bonds is 7. The van der Waals surface area contributed by atoms with Crippen LogP contribution in [0.25, 0.3) is 0 Å². The summed E-state index contributed by atoms with van der Waals surface area (Å²) in [6.07, 6.45) is 0. The van der Waals surface area contributed by atoms with Crippen LogP contribution in [0.5, 0.6) is 0 Å². The highest BCUT2D eigenvalue weighted by Crippen LogP contribution is 2.24. The monoisotopic (exact) mass is 411 g/mol. The van der Waals surface area contributed by atoms with Gasteiger partial charge in [0.25, 0.3) is 5.91 Å². The molecule has 7 nitrogen and oxygen atoms in total. The summed E-state index contributed by atoms with van der Waals surface area (Å²) >= 11 is 0. The average Bonchev–Trinajstić information content (AvgIpc) is 2.61. The third-order valence-electron chi connectivity index (χ3n) is 3.95. The Bertz CT molecular complexity index is 1010. The summed E-state index contributed by atoms with van der Waals surface area (Å²) in [5, 5.41) is 0. The first-order valence-electron chi connectivity index (χ1n) is 8.19. The number of carbonyl (C=O) groups is 2. The second-order valence-electron chi connectivity index (χ2n) is 5.92. The lowest BCUT2D eigenvalue weighted by Crippen LogP contribution is -2.39. The summed E-state index contributed by atoms with van der Waals surface area (Å²) in [4.78, 5) is 25.2. The van der Waals surface area contributed by atoms with Crippen LogP contribution in [0.1, 0.15) is 28.9 Å². The van der Waals surface area contributed by atoms with Crippen molar-refractivity contribution in [2.75, 3.05) is 13.6 Å². The van der Waals surface area contributed by atoms with Gasteiger partial charge in [-0.3, -0.25) is 9.59 Å². The molecule has 28 heavy (non-hydrogen) atoms. The Hall–Kier alpha value is -2.85. The van der Waals surface area contributed by atoms with Gasteiger partial charge in [0.05, 0.1) is 10.5 Å². The third kappa shape index (κ3) is 4.52. The molecule has 0 bridgehead atoms. The predicted octanol–water partition coefficient (Wildman–Crippen LogP) is 1.56. The Balaban J connectivity index is 2.47. The molecule has 0 radical (unpaired) electrons. The largest absolute Gasteiger partial charge is 0.368 e. The molecule has 2 amide bonds. The van der Waals surface area contributed by atoms with E-state index < -0.39 is 45.1 Å². The molecule has 0 heterocycles. The maximum atomic E-state index is 14.2. The molecule has 1 unspecified atom stereocenters. The average molecular weight is 411 g/mol. The molecular weight excluding hydrogens is 392 g/mol. The van der Waals surface area contributed by atoms with Gasteiger partial charge >= 0.3 is 0 Å². The van der Waals surface area contributed by atoms with Crippen LogP contribution in [0.3, 0.4) is 0 Å². The van der Waals surface area contributed by atoms with Crippen LogP contribution in [0.15, 0.2) is 47.4 Å². The predicted molar refractivity (Wildman–Crippen MR) is 97.7 cm³/mol.